The van der Waals surface area contributed by atoms with E-state index in [4.69, 9.17) is 4.74 Å². The van der Waals surface area contributed by atoms with Crippen molar-refractivity contribution in [1.82, 2.24) is 9.38 Å². The number of aromatic nitrogens is 2. The molecule has 0 aliphatic carbocycles. The third-order valence-electron chi connectivity index (χ3n) is 3.26. The summed E-state index contributed by atoms with van der Waals surface area (Å²) in [6.45, 7) is 0. The monoisotopic (exact) mass is 266 g/mol. The Balaban J connectivity index is 2.01. The van der Waals surface area contributed by atoms with Gasteiger partial charge >= 0.3 is 0 Å². The van der Waals surface area contributed by atoms with Gasteiger partial charge in [0.2, 0.25) is 0 Å². The number of rotatable bonds is 4. The fourth-order valence-corrected chi connectivity index (χ4v) is 2.31. The van der Waals surface area contributed by atoms with Gasteiger partial charge in [-0.3, -0.25) is 9.20 Å². The zero-order valence-electron chi connectivity index (χ0n) is 11.1. The lowest BCUT2D eigenvalue weighted by molar-refractivity contribution is 0.111. The van der Waals surface area contributed by atoms with Gasteiger partial charge in [-0.05, 0) is 18.2 Å². The predicted octanol–water partition coefficient (Wildman–Crippen LogP) is 2.75. The molecule has 20 heavy (non-hydrogen) atoms. The first kappa shape index (κ1) is 12.4. The summed E-state index contributed by atoms with van der Waals surface area (Å²) in [5, 5.41) is 0. The minimum Gasteiger partial charge on any atom is -0.496 e. The summed E-state index contributed by atoms with van der Waals surface area (Å²) in [5.74, 6) is 0.847. The molecule has 0 bridgehead atoms. The molecular formula is C16H14N2O2. The van der Waals surface area contributed by atoms with Crippen molar-refractivity contribution < 1.29 is 9.53 Å². The Bertz CT molecular complexity index is 762. The van der Waals surface area contributed by atoms with Gasteiger partial charge in [-0.2, -0.15) is 0 Å². The van der Waals surface area contributed by atoms with Crippen LogP contribution in [0.5, 0.6) is 5.75 Å². The third-order valence-corrected chi connectivity index (χ3v) is 3.26. The first-order valence-electron chi connectivity index (χ1n) is 6.36. The highest BCUT2D eigenvalue weighted by Gasteiger charge is 2.08. The maximum Gasteiger partial charge on any atom is 0.166 e. The average Bonchev–Trinajstić information content (AvgIpc) is 2.90. The number of hydrogen-bond acceptors (Lipinski definition) is 3. The Hall–Kier alpha value is -2.62. The quantitative estimate of drug-likeness (QED) is 0.682. The predicted molar refractivity (Wildman–Crippen MR) is 76.4 cm³/mol. The summed E-state index contributed by atoms with van der Waals surface area (Å²) in [5.41, 5.74) is 3.36. The standard InChI is InChI=1S/C16H14N2O2/c1-20-15-7-3-2-5-12(15)9-13-10-18-14(11-19)6-4-8-16(18)17-13/h2-8,10-11H,9H2,1H3. The summed E-state index contributed by atoms with van der Waals surface area (Å²) in [7, 11) is 1.66. The van der Waals surface area contributed by atoms with E-state index in [1.807, 2.05) is 42.6 Å². The van der Waals surface area contributed by atoms with Crippen LogP contribution < -0.4 is 4.74 Å². The number of carbonyl (C=O) groups excluding carboxylic acids is 1. The number of imidazole rings is 1. The molecule has 100 valence electrons. The molecule has 3 rings (SSSR count). The first-order valence-corrected chi connectivity index (χ1v) is 6.36. The van der Waals surface area contributed by atoms with Crippen LogP contribution in [0.4, 0.5) is 0 Å². The molecule has 0 N–H and O–H groups in total. The molecule has 0 atom stereocenters. The van der Waals surface area contributed by atoms with E-state index in [0.29, 0.717) is 12.1 Å². The van der Waals surface area contributed by atoms with Gasteiger partial charge in [-0.1, -0.05) is 24.3 Å². The van der Waals surface area contributed by atoms with Crippen molar-refractivity contribution >= 4 is 11.9 Å². The highest BCUT2D eigenvalue weighted by molar-refractivity contribution is 5.73. The molecule has 0 saturated carbocycles. The smallest absolute Gasteiger partial charge is 0.166 e. The van der Waals surface area contributed by atoms with Crippen molar-refractivity contribution in [2.45, 2.75) is 6.42 Å². The minimum atomic E-state index is 0.598. The summed E-state index contributed by atoms with van der Waals surface area (Å²) in [6, 6.07) is 13.4. The SMILES string of the molecule is COc1ccccc1Cc1cn2c(C=O)cccc2n1. The van der Waals surface area contributed by atoms with Gasteiger partial charge in [0, 0.05) is 18.2 Å². The van der Waals surface area contributed by atoms with Crippen molar-refractivity contribution in [2.75, 3.05) is 7.11 Å². The molecule has 4 heteroatoms. The van der Waals surface area contributed by atoms with Crippen LogP contribution in [0.2, 0.25) is 0 Å². The van der Waals surface area contributed by atoms with Gasteiger partial charge in [-0.15, -0.1) is 0 Å². The minimum absolute atomic E-state index is 0.598. The van der Waals surface area contributed by atoms with Crippen LogP contribution in [0.25, 0.3) is 5.65 Å². The number of hydrogen-bond donors (Lipinski definition) is 0. The topological polar surface area (TPSA) is 43.6 Å². The zero-order chi connectivity index (χ0) is 13.9. The van der Waals surface area contributed by atoms with Crippen LogP contribution >= 0.6 is 0 Å². The molecule has 4 nitrogen and oxygen atoms in total. The second-order valence-corrected chi connectivity index (χ2v) is 4.52. The zero-order valence-corrected chi connectivity index (χ0v) is 11.1. The molecule has 0 aliphatic rings. The number of pyridine rings is 1. The van der Waals surface area contributed by atoms with Crippen molar-refractivity contribution in [2.24, 2.45) is 0 Å². The number of aldehydes is 1. The first-order chi connectivity index (χ1) is 9.81. The van der Waals surface area contributed by atoms with Crippen LogP contribution in [-0.4, -0.2) is 22.8 Å². The molecule has 2 heterocycles. The van der Waals surface area contributed by atoms with Gasteiger partial charge in [0.15, 0.2) is 6.29 Å². The largest absolute Gasteiger partial charge is 0.496 e. The second kappa shape index (κ2) is 5.17. The molecule has 0 fully saturated rings. The second-order valence-electron chi connectivity index (χ2n) is 4.52. The van der Waals surface area contributed by atoms with Crippen LogP contribution in [0.3, 0.4) is 0 Å². The summed E-state index contributed by atoms with van der Waals surface area (Å²) >= 11 is 0. The number of fused-ring (bicyclic) bond motifs is 1. The van der Waals surface area contributed by atoms with Crippen LogP contribution in [0.15, 0.2) is 48.7 Å². The normalized spacial score (nSPS) is 10.7. The Morgan fingerprint density at radius 3 is 2.85 bits per heavy atom. The number of benzene rings is 1. The Kier molecular flexibility index (Phi) is 3.21. The van der Waals surface area contributed by atoms with E-state index >= 15 is 0 Å². The molecule has 0 unspecified atom stereocenters. The van der Waals surface area contributed by atoms with Crippen molar-refractivity contribution in [3.05, 3.63) is 65.6 Å². The highest BCUT2D eigenvalue weighted by atomic mass is 16.5. The number of carbonyl (C=O) groups is 1. The van der Waals surface area contributed by atoms with E-state index in [0.717, 1.165) is 28.9 Å². The number of nitrogens with zero attached hydrogens (tertiary/aromatic N) is 2. The van der Waals surface area contributed by atoms with Crippen molar-refractivity contribution in [3.63, 3.8) is 0 Å². The lowest BCUT2D eigenvalue weighted by Crippen LogP contribution is -1.93. The molecule has 0 saturated heterocycles. The molecular weight excluding hydrogens is 252 g/mol. The Morgan fingerprint density at radius 1 is 1.20 bits per heavy atom. The molecule has 0 aliphatic heterocycles. The van der Waals surface area contributed by atoms with Crippen LogP contribution in [0, 0.1) is 0 Å². The summed E-state index contributed by atoms with van der Waals surface area (Å²) in [6.07, 6.45) is 3.40. The molecule has 1 aromatic carbocycles. The summed E-state index contributed by atoms with van der Waals surface area (Å²) in [4.78, 5) is 15.6. The maximum atomic E-state index is 11.0. The fraction of sp³-hybridized carbons (Fsp3) is 0.125. The number of methoxy groups -OCH3 is 1. The molecule has 3 aromatic rings. The number of ether oxygens (including phenoxy) is 1. The molecule has 0 spiro atoms. The number of para-hydroxylation sites is 1. The van der Waals surface area contributed by atoms with Crippen LogP contribution in [-0.2, 0) is 6.42 Å². The van der Waals surface area contributed by atoms with Crippen LogP contribution in [0.1, 0.15) is 21.7 Å². The van der Waals surface area contributed by atoms with E-state index in [-0.39, 0.29) is 0 Å². The van der Waals surface area contributed by atoms with E-state index in [9.17, 15) is 4.79 Å². The average molecular weight is 266 g/mol. The molecule has 0 radical (unpaired) electrons. The summed E-state index contributed by atoms with van der Waals surface area (Å²) < 4.78 is 7.15. The lowest BCUT2D eigenvalue weighted by atomic mass is 10.1. The van der Waals surface area contributed by atoms with E-state index in [1.54, 1.807) is 17.6 Å². The van der Waals surface area contributed by atoms with Gasteiger partial charge in [-0.25, -0.2) is 4.98 Å². The third kappa shape index (κ3) is 2.16. The molecule has 2 aromatic heterocycles. The highest BCUT2D eigenvalue weighted by Crippen LogP contribution is 2.21. The van der Waals surface area contributed by atoms with Crippen molar-refractivity contribution in [3.8, 4) is 5.75 Å². The van der Waals surface area contributed by atoms with Crippen molar-refractivity contribution in [1.29, 1.82) is 0 Å². The Labute approximate surface area is 116 Å². The lowest BCUT2D eigenvalue weighted by Gasteiger charge is -2.05. The van der Waals surface area contributed by atoms with E-state index < -0.39 is 0 Å². The Morgan fingerprint density at radius 2 is 2.05 bits per heavy atom. The van der Waals surface area contributed by atoms with Gasteiger partial charge < -0.3 is 4.74 Å². The fourth-order valence-electron chi connectivity index (χ4n) is 2.31. The molecule has 0 amide bonds. The van der Waals surface area contributed by atoms with E-state index in [2.05, 4.69) is 4.98 Å². The van der Waals surface area contributed by atoms with Gasteiger partial charge in [0.1, 0.15) is 11.4 Å². The van der Waals surface area contributed by atoms with Gasteiger partial charge in [0.25, 0.3) is 0 Å². The maximum absolute atomic E-state index is 11.0. The van der Waals surface area contributed by atoms with E-state index in [1.165, 1.54) is 0 Å². The van der Waals surface area contributed by atoms with Gasteiger partial charge in [0.05, 0.1) is 18.5 Å².